The van der Waals surface area contributed by atoms with Gasteiger partial charge >= 0.3 is 28.3 Å². The molecule has 4 aliphatic heterocycles. The minimum absolute atomic E-state index is 0.360. The highest BCUT2D eigenvalue weighted by Gasteiger charge is 2.64. The van der Waals surface area contributed by atoms with Crippen molar-refractivity contribution in [2.45, 2.75) is 223 Å². The molecule has 0 bridgehead atoms. The summed E-state index contributed by atoms with van der Waals surface area (Å²) in [6.45, 7) is 45.3. The smallest absolute Gasteiger partial charge is 0.405 e. The SMILES string of the molecule is CC1(C)OB(B2OC(C)(C)C(C)(C)O2)OC1(C)C.CC1(C)OB(c2cc(Cl)cc(B3OC(C)(C)C(C)(C)O3)c2)OC1(C)C.CCC.CCC.CCc1cc(Cl)cc(CC)c1.Clc1cc(Br)cc(Br)c1. The van der Waals surface area contributed by atoms with Crippen LogP contribution in [0.3, 0.4) is 0 Å². The summed E-state index contributed by atoms with van der Waals surface area (Å²) >= 11 is 24.6. The molecule has 386 valence electrons. The van der Waals surface area contributed by atoms with Gasteiger partial charge in [-0.1, -0.05) is 133 Å². The van der Waals surface area contributed by atoms with Crippen LogP contribution in [0, 0.1) is 0 Å². The Kier molecular flexibility index (Phi) is 24.1. The van der Waals surface area contributed by atoms with E-state index in [-0.39, 0.29) is 22.4 Å². The van der Waals surface area contributed by atoms with Crippen LogP contribution in [0.4, 0.5) is 0 Å². The average molecular weight is 1150 g/mol. The fourth-order valence-corrected chi connectivity index (χ4v) is 8.84. The first-order chi connectivity index (χ1) is 31.4. The molecule has 7 rings (SSSR count). The molecule has 69 heavy (non-hydrogen) atoms. The second-order valence-electron chi connectivity index (χ2n) is 21.9. The van der Waals surface area contributed by atoms with E-state index >= 15 is 0 Å². The van der Waals surface area contributed by atoms with Gasteiger partial charge in [0.25, 0.3) is 0 Å². The van der Waals surface area contributed by atoms with Gasteiger partial charge in [-0.05, 0) is 188 Å². The molecule has 0 spiro atoms. The summed E-state index contributed by atoms with van der Waals surface area (Å²) in [6.07, 6.45) is 4.63. The Hall–Kier alpha value is -0.570. The number of hydrogen-bond acceptors (Lipinski definition) is 8. The van der Waals surface area contributed by atoms with Crippen LogP contribution in [-0.4, -0.2) is 73.1 Å². The van der Waals surface area contributed by atoms with Crippen molar-refractivity contribution < 1.29 is 37.2 Å². The Morgan fingerprint density at radius 2 is 0.580 bits per heavy atom. The van der Waals surface area contributed by atoms with Crippen LogP contribution in [-0.2, 0) is 50.1 Å². The van der Waals surface area contributed by atoms with E-state index < -0.39 is 50.7 Å². The van der Waals surface area contributed by atoms with E-state index in [1.807, 2.05) is 159 Å². The zero-order chi connectivity index (χ0) is 53.4. The van der Waals surface area contributed by atoms with Gasteiger partial charge in [0.1, 0.15) is 0 Å². The maximum Gasteiger partial charge on any atom is 0.494 e. The van der Waals surface area contributed by atoms with Crippen molar-refractivity contribution >= 4 is 106 Å². The molecule has 0 unspecified atom stereocenters. The first kappa shape index (κ1) is 64.5. The molecule has 3 aromatic carbocycles. The second-order valence-corrected chi connectivity index (χ2v) is 25.1. The molecule has 0 N–H and O–H groups in total. The van der Waals surface area contributed by atoms with Crippen molar-refractivity contribution in [2.75, 3.05) is 0 Å². The van der Waals surface area contributed by atoms with Crippen molar-refractivity contribution in [3.8, 4) is 0 Å². The summed E-state index contributed by atoms with van der Waals surface area (Å²) in [5.41, 5.74) is 1.37. The van der Waals surface area contributed by atoms with E-state index in [2.05, 4.69) is 79.5 Å². The molecular formula is C52H83B4Br2Cl3O8. The van der Waals surface area contributed by atoms with Gasteiger partial charge in [0, 0.05) is 24.0 Å². The van der Waals surface area contributed by atoms with E-state index in [4.69, 9.17) is 72.0 Å². The molecule has 0 amide bonds. The molecule has 4 saturated heterocycles. The maximum atomic E-state index is 6.37. The molecule has 0 aromatic heterocycles. The van der Waals surface area contributed by atoms with E-state index in [9.17, 15) is 0 Å². The number of rotatable bonds is 5. The lowest BCUT2D eigenvalue weighted by molar-refractivity contribution is 0.00578. The number of benzene rings is 3. The lowest BCUT2D eigenvalue weighted by Crippen LogP contribution is -2.41. The van der Waals surface area contributed by atoms with Gasteiger partial charge in [-0.15, -0.1) is 0 Å². The molecule has 0 atom stereocenters. The van der Waals surface area contributed by atoms with E-state index in [0.717, 1.165) is 42.8 Å². The van der Waals surface area contributed by atoms with Gasteiger partial charge < -0.3 is 37.2 Å². The Morgan fingerprint density at radius 1 is 0.348 bits per heavy atom. The quantitative estimate of drug-likeness (QED) is 0.234. The van der Waals surface area contributed by atoms with Crippen LogP contribution in [0.5, 0.6) is 0 Å². The van der Waals surface area contributed by atoms with Crippen molar-refractivity contribution in [2.24, 2.45) is 0 Å². The minimum atomic E-state index is -0.476. The highest BCUT2D eigenvalue weighted by molar-refractivity contribution is 9.11. The third-order valence-corrected chi connectivity index (χ3v) is 15.0. The lowest BCUT2D eigenvalue weighted by Gasteiger charge is -2.32. The fraction of sp³-hybridized carbons (Fsp3) is 0.654. The topological polar surface area (TPSA) is 73.8 Å². The van der Waals surface area contributed by atoms with Crippen LogP contribution in [0.25, 0.3) is 0 Å². The van der Waals surface area contributed by atoms with Gasteiger partial charge in [0.2, 0.25) is 0 Å². The average Bonchev–Trinajstić information content (AvgIpc) is 3.75. The monoisotopic (exact) mass is 1140 g/mol. The van der Waals surface area contributed by atoms with Crippen LogP contribution in [0.1, 0.15) is 176 Å². The van der Waals surface area contributed by atoms with Gasteiger partial charge in [-0.25, -0.2) is 0 Å². The first-order valence-electron chi connectivity index (χ1n) is 24.5. The summed E-state index contributed by atoms with van der Waals surface area (Å²) in [7, 11) is -1.89. The van der Waals surface area contributed by atoms with E-state index in [1.54, 1.807) is 0 Å². The Labute approximate surface area is 452 Å². The predicted molar refractivity (Wildman–Crippen MR) is 304 cm³/mol. The van der Waals surface area contributed by atoms with E-state index in [0.29, 0.717) is 5.02 Å². The molecule has 0 radical (unpaired) electrons. The standard InChI is InChI=1S/C18H27B2ClO4.C12H24B2O4.C10H13Cl.C6H3Br2Cl.2C3H8/c1-15(2)16(3,4)23-19(22-15)12-9-13(11-14(21)10-12)20-24-17(5,6)18(7,8)25-20;1-9(2)10(3,4)16-13(15-9)14-17-11(5,6)12(7,8)18-14;1-3-8-5-9(4-2)7-10(11)6-8;7-4-1-5(8)3-6(9)2-4;2*1-3-2/h9-11H,1-8H3;1-8H3;5-7H,3-4H2,1-2H3;1-3H;2*3H2,1-2H3. The Bertz CT molecular complexity index is 1880. The Morgan fingerprint density at radius 3 is 0.826 bits per heavy atom. The highest BCUT2D eigenvalue weighted by atomic mass is 79.9. The third-order valence-electron chi connectivity index (χ3n) is 13.4. The summed E-state index contributed by atoms with van der Waals surface area (Å²) in [5, 5.41) is 2.20. The fourth-order valence-electron chi connectivity index (χ4n) is 6.51. The minimum Gasteiger partial charge on any atom is -0.405 e. The normalized spacial score (nSPS) is 21.3. The summed E-state index contributed by atoms with van der Waals surface area (Å²) in [5.74, 6) is 0. The summed E-state index contributed by atoms with van der Waals surface area (Å²) in [4.78, 5) is 0. The number of hydrogen-bond donors (Lipinski definition) is 0. The third kappa shape index (κ3) is 17.8. The molecule has 8 nitrogen and oxygen atoms in total. The van der Waals surface area contributed by atoms with Gasteiger partial charge in [-0.3, -0.25) is 0 Å². The summed E-state index contributed by atoms with van der Waals surface area (Å²) < 4.78 is 50.4. The van der Waals surface area contributed by atoms with Gasteiger partial charge in [-0.2, -0.15) is 0 Å². The van der Waals surface area contributed by atoms with E-state index in [1.165, 1.54) is 24.0 Å². The van der Waals surface area contributed by atoms with Gasteiger partial charge in [0.05, 0.1) is 44.8 Å². The molecule has 0 aliphatic carbocycles. The Balaban J connectivity index is 0.000000324. The lowest BCUT2D eigenvalue weighted by atomic mass is 9.49. The predicted octanol–water partition coefficient (Wildman–Crippen LogP) is 15.3. The van der Waals surface area contributed by atoms with Crippen molar-refractivity contribution in [1.29, 1.82) is 0 Å². The zero-order valence-corrected chi connectivity index (χ0v) is 51.4. The molecule has 3 aromatic rings. The molecule has 17 heteroatoms. The number of halogens is 5. The second kappa shape index (κ2) is 25.8. The molecule has 0 saturated carbocycles. The maximum absolute atomic E-state index is 6.37. The van der Waals surface area contributed by atoms with Crippen LogP contribution in [0.2, 0.25) is 15.1 Å². The molecule has 4 aliphatic rings. The van der Waals surface area contributed by atoms with Crippen molar-refractivity contribution in [3.05, 3.63) is 89.7 Å². The van der Waals surface area contributed by atoms with Crippen LogP contribution in [0.15, 0.2) is 63.5 Å². The van der Waals surface area contributed by atoms with Crippen molar-refractivity contribution in [1.82, 2.24) is 0 Å². The molecule has 4 heterocycles. The first-order valence-corrected chi connectivity index (χ1v) is 27.2. The van der Waals surface area contributed by atoms with Crippen molar-refractivity contribution in [3.63, 3.8) is 0 Å². The molecule has 4 fully saturated rings. The molecular weight excluding hydrogens is 1060 g/mol. The largest absolute Gasteiger partial charge is 0.494 e. The van der Waals surface area contributed by atoms with Crippen LogP contribution >= 0.6 is 66.7 Å². The highest BCUT2D eigenvalue weighted by Crippen LogP contribution is 2.43. The summed E-state index contributed by atoms with van der Waals surface area (Å²) in [6, 6.07) is 17.6. The zero-order valence-electron chi connectivity index (χ0n) is 46.0. The van der Waals surface area contributed by atoms with Gasteiger partial charge in [0.15, 0.2) is 0 Å². The number of aryl methyl sites for hydroxylation is 2. The van der Waals surface area contributed by atoms with Crippen LogP contribution < -0.4 is 10.9 Å².